The van der Waals surface area contributed by atoms with Gasteiger partial charge in [-0.1, -0.05) is 6.07 Å². The molecule has 0 heterocycles. The summed E-state index contributed by atoms with van der Waals surface area (Å²) in [6, 6.07) is 4.56. The van der Waals surface area contributed by atoms with Gasteiger partial charge >= 0.3 is 5.97 Å². The first kappa shape index (κ1) is 12.3. The van der Waals surface area contributed by atoms with Crippen LogP contribution in [0.5, 0.6) is 11.5 Å². The summed E-state index contributed by atoms with van der Waals surface area (Å²) in [5, 5.41) is 26.9. The zero-order valence-electron chi connectivity index (χ0n) is 9.05. The van der Waals surface area contributed by atoms with Crippen LogP contribution in [-0.4, -0.2) is 39.8 Å². The van der Waals surface area contributed by atoms with Crippen LogP contribution >= 0.6 is 0 Å². The average Bonchev–Trinajstić information content (AvgIpc) is 2.21. The fourth-order valence-corrected chi connectivity index (χ4v) is 1.34. The van der Waals surface area contributed by atoms with Gasteiger partial charge in [0.1, 0.15) is 0 Å². The van der Waals surface area contributed by atoms with Crippen molar-refractivity contribution in [2.45, 2.75) is 13.0 Å². The highest BCUT2D eigenvalue weighted by atomic mass is 16.4. The van der Waals surface area contributed by atoms with Gasteiger partial charge in [0.25, 0.3) is 0 Å². The standard InChI is InChI=1S/C11H15NO4/c1-12(5-4-11(15)16)7-8-2-3-9(13)10(14)6-8/h2-3,6,13-14H,4-5,7H2,1H3,(H,15,16). The lowest BCUT2D eigenvalue weighted by Gasteiger charge is -2.15. The Balaban J connectivity index is 2.52. The van der Waals surface area contributed by atoms with E-state index in [1.165, 1.54) is 12.1 Å². The number of hydrogen-bond acceptors (Lipinski definition) is 4. The summed E-state index contributed by atoms with van der Waals surface area (Å²) >= 11 is 0. The molecule has 5 nitrogen and oxygen atoms in total. The van der Waals surface area contributed by atoms with Gasteiger partial charge in [-0.2, -0.15) is 0 Å². The third-order valence-electron chi connectivity index (χ3n) is 2.20. The van der Waals surface area contributed by atoms with E-state index in [1.807, 2.05) is 4.90 Å². The van der Waals surface area contributed by atoms with Gasteiger partial charge in [0, 0.05) is 13.1 Å². The highest BCUT2D eigenvalue weighted by Crippen LogP contribution is 2.25. The van der Waals surface area contributed by atoms with Crippen molar-refractivity contribution in [3.05, 3.63) is 23.8 Å². The summed E-state index contributed by atoms with van der Waals surface area (Å²) in [6.07, 6.45) is 0.0839. The van der Waals surface area contributed by atoms with Crippen LogP contribution in [0.1, 0.15) is 12.0 Å². The lowest BCUT2D eigenvalue weighted by molar-refractivity contribution is -0.137. The number of hydrogen-bond donors (Lipinski definition) is 3. The van der Waals surface area contributed by atoms with Gasteiger partial charge in [-0.05, 0) is 24.7 Å². The van der Waals surface area contributed by atoms with Crippen LogP contribution in [0.25, 0.3) is 0 Å². The van der Waals surface area contributed by atoms with E-state index in [9.17, 15) is 9.90 Å². The van der Waals surface area contributed by atoms with E-state index < -0.39 is 5.97 Å². The van der Waals surface area contributed by atoms with E-state index in [0.717, 1.165) is 5.56 Å². The molecular formula is C11H15NO4. The molecule has 88 valence electrons. The normalized spacial score (nSPS) is 10.6. The molecule has 0 aliphatic heterocycles. The number of carboxylic acid groups (broad SMARTS) is 1. The van der Waals surface area contributed by atoms with Crippen molar-refractivity contribution < 1.29 is 20.1 Å². The van der Waals surface area contributed by atoms with Gasteiger partial charge in [-0.3, -0.25) is 4.79 Å². The number of carboxylic acids is 1. The quantitative estimate of drug-likeness (QED) is 0.651. The lowest BCUT2D eigenvalue weighted by atomic mass is 10.2. The predicted molar refractivity (Wildman–Crippen MR) is 58.4 cm³/mol. The van der Waals surface area contributed by atoms with Crippen LogP contribution < -0.4 is 0 Å². The second-order valence-corrected chi connectivity index (χ2v) is 3.70. The second-order valence-electron chi connectivity index (χ2n) is 3.70. The van der Waals surface area contributed by atoms with Crippen LogP contribution in [0.4, 0.5) is 0 Å². The van der Waals surface area contributed by atoms with Crippen molar-refractivity contribution >= 4 is 5.97 Å². The Morgan fingerprint density at radius 1 is 1.31 bits per heavy atom. The summed E-state index contributed by atoms with van der Waals surface area (Å²) in [4.78, 5) is 12.2. The first-order valence-electron chi connectivity index (χ1n) is 4.90. The monoisotopic (exact) mass is 225 g/mol. The number of aliphatic carboxylic acids is 1. The molecule has 0 saturated heterocycles. The SMILES string of the molecule is CN(CCC(=O)O)Cc1ccc(O)c(O)c1. The molecule has 0 aromatic heterocycles. The number of aromatic hydroxyl groups is 2. The minimum absolute atomic E-state index is 0.0839. The molecule has 0 unspecified atom stereocenters. The van der Waals surface area contributed by atoms with E-state index in [-0.39, 0.29) is 17.9 Å². The number of benzene rings is 1. The predicted octanol–water partition coefficient (Wildman–Crippen LogP) is 1.00. The van der Waals surface area contributed by atoms with E-state index in [2.05, 4.69) is 0 Å². The summed E-state index contributed by atoms with van der Waals surface area (Å²) in [5.41, 5.74) is 0.822. The Kier molecular flexibility index (Phi) is 4.13. The lowest BCUT2D eigenvalue weighted by Crippen LogP contribution is -2.21. The first-order valence-corrected chi connectivity index (χ1v) is 4.90. The van der Waals surface area contributed by atoms with Crippen molar-refractivity contribution in [2.24, 2.45) is 0 Å². The zero-order valence-corrected chi connectivity index (χ0v) is 9.05. The Morgan fingerprint density at radius 3 is 2.56 bits per heavy atom. The van der Waals surface area contributed by atoms with Crippen LogP contribution in [0.2, 0.25) is 0 Å². The number of carbonyl (C=O) groups is 1. The van der Waals surface area contributed by atoms with Crippen LogP contribution in [0.3, 0.4) is 0 Å². The molecule has 1 aromatic carbocycles. The Morgan fingerprint density at radius 2 is 2.00 bits per heavy atom. The van der Waals surface area contributed by atoms with Gasteiger partial charge in [-0.15, -0.1) is 0 Å². The van der Waals surface area contributed by atoms with Gasteiger partial charge in [0.2, 0.25) is 0 Å². The smallest absolute Gasteiger partial charge is 0.304 e. The molecule has 16 heavy (non-hydrogen) atoms. The third-order valence-corrected chi connectivity index (χ3v) is 2.20. The molecule has 1 rings (SSSR count). The molecule has 0 spiro atoms. The fraction of sp³-hybridized carbons (Fsp3) is 0.364. The van der Waals surface area contributed by atoms with Crippen molar-refractivity contribution in [3.8, 4) is 11.5 Å². The molecule has 0 fully saturated rings. The molecule has 0 aliphatic rings. The van der Waals surface area contributed by atoms with E-state index in [0.29, 0.717) is 13.1 Å². The highest BCUT2D eigenvalue weighted by Gasteiger charge is 2.05. The first-order chi connectivity index (χ1) is 7.49. The molecule has 0 bridgehead atoms. The molecule has 0 aliphatic carbocycles. The number of rotatable bonds is 5. The largest absolute Gasteiger partial charge is 0.504 e. The van der Waals surface area contributed by atoms with Gasteiger partial charge < -0.3 is 20.2 Å². The minimum atomic E-state index is -0.833. The summed E-state index contributed by atoms with van der Waals surface area (Å²) in [6.45, 7) is 0.970. The topological polar surface area (TPSA) is 81.0 Å². The number of phenolic OH excluding ortho intramolecular Hbond substituents is 2. The van der Waals surface area contributed by atoms with Crippen LogP contribution in [-0.2, 0) is 11.3 Å². The molecular weight excluding hydrogens is 210 g/mol. The van der Waals surface area contributed by atoms with Gasteiger partial charge in [-0.25, -0.2) is 0 Å². The summed E-state index contributed by atoms with van der Waals surface area (Å²) < 4.78 is 0. The molecule has 0 atom stereocenters. The van der Waals surface area contributed by atoms with E-state index in [4.69, 9.17) is 10.2 Å². The van der Waals surface area contributed by atoms with Crippen molar-refractivity contribution in [3.63, 3.8) is 0 Å². The summed E-state index contributed by atoms with van der Waals surface area (Å²) in [7, 11) is 1.80. The maximum atomic E-state index is 10.4. The maximum Gasteiger partial charge on any atom is 0.304 e. The van der Waals surface area contributed by atoms with E-state index >= 15 is 0 Å². The zero-order chi connectivity index (χ0) is 12.1. The molecule has 0 radical (unpaired) electrons. The molecule has 5 heteroatoms. The number of phenols is 2. The Bertz CT molecular complexity index is 378. The van der Waals surface area contributed by atoms with Gasteiger partial charge in [0.15, 0.2) is 11.5 Å². The highest BCUT2D eigenvalue weighted by molar-refractivity contribution is 5.66. The Hall–Kier alpha value is -1.75. The van der Waals surface area contributed by atoms with E-state index in [1.54, 1.807) is 13.1 Å². The van der Waals surface area contributed by atoms with Crippen LogP contribution in [0, 0.1) is 0 Å². The second kappa shape index (κ2) is 5.37. The van der Waals surface area contributed by atoms with Crippen molar-refractivity contribution in [1.29, 1.82) is 0 Å². The van der Waals surface area contributed by atoms with Crippen molar-refractivity contribution in [2.75, 3.05) is 13.6 Å². The molecule has 1 aromatic rings. The average molecular weight is 225 g/mol. The maximum absolute atomic E-state index is 10.4. The fourth-order valence-electron chi connectivity index (χ4n) is 1.34. The summed E-state index contributed by atoms with van der Waals surface area (Å²) in [5.74, 6) is -1.15. The third kappa shape index (κ3) is 3.78. The Labute approximate surface area is 93.6 Å². The van der Waals surface area contributed by atoms with Crippen molar-refractivity contribution in [1.82, 2.24) is 4.90 Å². The van der Waals surface area contributed by atoms with Crippen LogP contribution in [0.15, 0.2) is 18.2 Å². The number of nitrogens with zero attached hydrogens (tertiary/aromatic N) is 1. The minimum Gasteiger partial charge on any atom is -0.504 e. The van der Waals surface area contributed by atoms with Gasteiger partial charge in [0.05, 0.1) is 6.42 Å². The molecule has 0 amide bonds. The molecule has 0 saturated carbocycles. The molecule has 3 N–H and O–H groups in total.